The Kier molecular flexibility index (Phi) is 7.72. The minimum absolute atomic E-state index is 0.0214. The summed E-state index contributed by atoms with van der Waals surface area (Å²) in [7, 11) is 0. The van der Waals surface area contributed by atoms with E-state index < -0.39 is 40.4 Å². The fraction of sp³-hybridized carbons (Fsp3) is 0.158. The van der Waals surface area contributed by atoms with Crippen molar-refractivity contribution in [2.45, 2.75) is 40.0 Å². The standard InChI is InChI=1S/C38H27F7N4O/c1-20-11-12-46-33(13-20)49-31-8-6-5-7-29(31)30-10-9-27(17-32(30)49)50-28-15-25(39)14-26(16-28)48-19-24(18-47-48)34-35(37(40,41)42)22(3)21(2)23(4)36(34)38(43,44)45/h5-19H,1-4H3. The highest BCUT2D eigenvalue weighted by atomic mass is 19.4. The molecule has 254 valence electrons. The van der Waals surface area contributed by atoms with Crippen LogP contribution < -0.4 is 4.74 Å². The summed E-state index contributed by atoms with van der Waals surface area (Å²) in [5, 5.41) is 5.96. The summed E-state index contributed by atoms with van der Waals surface area (Å²) in [4.78, 5) is 4.57. The third kappa shape index (κ3) is 5.64. The Hall–Kier alpha value is -5.65. The zero-order valence-electron chi connectivity index (χ0n) is 27.0. The van der Waals surface area contributed by atoms with Crippen molar-refractivity contribution in [3.63, 3.8) is 0 Å². The van der Waals surface area contributed by atoms with Gasteiger partial charge in [0.15, 0.2) is 0 Å². The number of ether oxygens (including phenoxy) is 1. The topological polar surface area (TPSA) is 44.9 Å². The van der Waals surface area contributed by atoms with Gasteiger partial charge in [0.25, 0.3) is 0 Å². The van der Waals surface area contributed by atoms with Crippen LogP contribution >= 0.6 is 0 Å². The molecule has 3 aromatic heterocycles. The van der Waals surface area contributed by atoms with Crippen molar-refractivity contribution in [1.82, 2.24) is 19.3 Å². The molecule has 0 saturated carbocycles. The third-order valence-corrected chi connectivity index (χ3v) is 8.94. The van der Waals surface area contributed by atoms with Crippen molar-refractivity contribution < 1.29 is 35.5 Å². The smallest absolute Gasteiger partial charge is 0.417 e. The monoisotopic (exact) mass is 688 g/mol. The van der Waals surface area contributed by atoms with Gasteiger partial charge >= 0.3 is 12.4 Å². The molecule has 0 N–H and O–H groups in total. The Balaban J connectivity index is 1.31. The van der Waals surface area contributed by atoms with E-state index in [-0.39, 0.29) is 28.1 Å². The fourth-order valence-electron chi connectivity index (χ4n) is 6.53. The Morgan fingerprint density at radius 3 is 2.04 bits per heavy atom. The average Bonchev–Trinajstić information content (AvgIpc) is 3.65. The molecule has 0 aliphatic rings. The maximum Gasteiger partial charge on any atom is 0.417 e. The second kappa shape index (κ2) is 11.7. The highest BCUT2D eigenvalue weighted by Gasteiger charge is 2.44. The van der Waals surface area contributed by atoms with E-state index in [1.54, 1.807) is 18.3 Å². The van der Waals surface area contributed by atoms with E-state index in [9.17, 15) is 26.3 Å². The quantitative estimate of drug-likeness (QED) is 0.169. The summed E-state index contributed by atoms with van der Waals surface area (Å²) in [6, 6.07) is 20.6. The zero-order valence-corrected chi connectivity index (χ0v) is 27.0. The van der Waals surface area contributed by atoms with Gasteiger partial charge in [-0.15, -0.1) is 0 Å². The molecule has 0 spiro atoms. The molecule has 0 saturated heterocycles. The molecule has 7 rings (SSSR count). The van der Waals surface area contributed by atoms with E-state index in [0.717, 1.165) is 70.4 Å². The summed E-state index contributed by atoms with van der Waals surface area (Å²) in [5.41, 5.74) is -2.27. The molecular formula is C38H27F7N4O. The van der Waals surface area contributed by atoms with Gasteiger partial charge in [-0.3, -0.25) is 4.57 Å². The van der Waals surface area contributed by atoms with Gasteiger partial charge in [-0.2, -0.15) is 31.4 Å². The van der Waals surface area contributed by atoms with Gasteiger partial charge in [0, 0.05) is 52.5 Å². The molecule has 12 heteroatoms. The van der Waals surface area contributed by atoms with Crippen LogP contribution in [0.25, 0.3) is 44.4 Å². The first-order chi connectivity index (χ1) is 23.6. The number of aryl methyl sites for hydroxylation is 1. The lowest BCUT2D eigenvalue weighted by molar-refractivity contribution is -0.142. The molecule has 0 aliphatic heterocycles. The van der Waals surface area contributed by atoms with E-state index in [4.69, 9.17) is 4.74 Å². The number of alkyl halides is 6. The van der Waals surface area contributed by atoms with E-state index in [1.807, 2.05) is 54.0 Å². The highest BCUT2D eigenvalue weighted by Crippen LogP contribution is 2.49. The molecule has 4 aromatic carbocycles. The molecule has 0 amide bonds. The molecule has 5 nitrogen and oxygen atoms in total. The van der Waals surface area contributed by atoms with Crippen molar-refractivity contribution in [3.8, 4) is 34.1 Å². The van der Waals surface area contributed by atoms with Crippen LogP contribution in [0.4, 0.5) is 30.7 Å². The molecule has 50 heavy (non-hydrogen) atoms. The van der Waals surface area contributed by atoms with Gasteiger partial charge < -0.3 is 4.74 Å². The van der Waals surface area contributed by atoms with Gasteiger partial charge in [-0.25, -0.2) is 14.1 Å². The summed E-state index contributed by atoms with van der Waals surface area (Å²) in [5.74, 6) is 0.309. The molecule has 0 unspecified atom stereocenters. The van der Waals surface area contributed by atoms with E-state index in [2.05, 4.69) is 10.1 Å². The number of nitrogens with zero attached hydrogens (tertiary/aromatic N) is 4. The van der Waals surface area contributed by atoms with E-state index in [0.29, 0.717) is 11.6 Å². The largest absolute Gasteiger partial charge is 0.457 e. The average molecular weight is 689 g/mol. The van der Waals surface area contributed by atoms with Crippen LogP contribution in [0.15, 0.2) is 91.4 Å². The minimum atomic E-state index is -5.10. The van der Waals surface area contributed by atoms with Crippen molar-refractivity contribution in [1.29, 1.82) is 0 Å². The molecule has 0 radical (unpaired) electrons. The Labute approximate surface area is 281 Å². The number of benzene rings is 4. The maximum atomic E-state index is 15.0. The van der Waals surface area contributed by atoms with Crippen molar-refractivity contribution >= 4 is 21.8 Å². The van der Waals surface area contributed by atoms with Gasteiger partial charge in [0.05, 0.1) is 34.0 Å². The predicted octanol–water partition coefficient (Wildman–Crippen LogP) is 11.2. The molecule has 3 heterocycles. The molecule has 7 aromatic rings. The van der Waals surface area contributed by atoms with Crippen LogP contribution in [0.1, 0.15) is 33.4 Å². The Morgan fingerprint density at radius 1 is 0.680 bits per heavy atom. The van der Waals surface area contributed by atoms with Crippen molar-refractivity contribution in [2.24, 2.45) is 0 Å². The molecule has 0 bridgehead atoms. The van der Waals surface area contributed by atoms with Crippen LogP contribution in [0.2, 0.25) is 0 Å². The van der Waals surface area contributed by atoms with Crippen LogP contribution in [0.5, 0.6) is 11.5 Å². The number of aromatic nitrogens is 4. The first-order valence-electron chi connectivity index (χ1n) is 15.4. The van der Waals surface area contributed by atoms with Gasteiger partial charge in [-0.05, 0) is 86.3 Å². The summed E-state index contributed by atoms with van der Waals surface area (Å²) in [6.07, 6.45) is -6.54. The molecule has 0 atom stereocenters. The SMILES string of the molecule is Cc1ccnc(-n2c3ccccc3c3ccc(Oc4cc(F)cc(-n5cc(-c6c(C(F)(F)F)c(C)c(C)c(C)c6C(F)(F)F)cn5)c4)cc32)c1. The molecule has 0 aliphatic carbocycles. The van der Waals surface area contributed by atoms with Crippen LogP contribution in [0.3, 0.4) is 0 Å². The number of pyridine rings is 1. The molecular weight excluding hydrogens is 661 g/mol. The summed E-state index contributed by atoms with van der Waals surface area (Å²) >= 11 is 0. The Bertz CT molecular complexity index is 2410. The van der Waals surface area contributed by atoms with Crippen LogP contribution in [-0.2, 0) is 12.4 Å². The lowest BCUT2D eigenvalue weighted by atomic mass is 9.85. The number of para-hydroxylation sites is 1. The number of halogens is 7. The first kappa shape index (κ1) is 32.9. The van der Waals surface area contributed by atoms with Gasteiger partial charge in [-0.1, -0.05) is 18.2 Å². The van der Waals surface area contributed by atoms with Crippen molar-refractivity contribution in [3.05, 3.63) is 131 Å². The maximum absolute atomic E-state index is 15.0. The number of hydrogen-bond acceptors (Lipinski definition) is 3. The lowest BCUT2D eigenvalue weighted by Gasteiger charge is -2.24. The summed E-state index contributed by atoms with van der Waals surface area (Å²) in [6.45, 7) is 5.48. The second-order valence-corrected chi connectivity index (χ2v) is 12.1. The Morgan fingerprint density at radius 2 is 1.36 bits per heavy atom. The third-order valence-electron chi connectivity index (χ3n) is 8.94. The highest BCUT2D eigenvalue weighted by molar-refractivity contribution is 6.09. The van der Waals surface area contributed by atoms with Crippen LogP contribution in [-0.4, -0.2) is 19.3 Å². The molecule has 0 fully saturated rings. The predicted molar refractivity (Wildman–Crippen MR) is 177 cm³/mol. The van der Waals surface area contributed by atoms with Crippen molar-refractivity contribution in [2.75, 3.05) is 0 Å². The first-order valence-corrected chi connectivity index (χ1v) is 15.4. The zero-order chi connectivity index (χ0) is 35.7. The van der Waals surface area contributed by atoms with Crippen LogP contribution in [0, 0.1) is 33.5 Å². The lowest BCUT2D eigenvalue weighted by Crippen LogP contribution is -2.19. The number of fused-ring (bicyclic) bond motifs is 3. The second-order valence-electron chi connectivity index (χ2n) is 12.1. The van der Waals surface area contributed by atoms with Gasteiger partial charge in [0.1, 0.15) is 23.1 Å². The fourth-order valence-corrected chi connectivity index (χ4v) is 6.53. The van der Waals surface area contributed by atoms with Gasteiger partial charge in [0.2, 0.25) is 0 Å². The summed E-state index contributed by atoms with van der Waals surface area (Å²) < 4.78 is 110. The van der Waals surface area contributed by atoms with E-state index >= 15 is 4.39 Å². The normalized spacial score (nSPS) is 12.3. The van der Waals surface area contributed by atoms with E-state index in [1.165, 1.54) is 13.0 Å². The minimum Gasteiger partial charge on any atom is -0.457 e. The number of rotatable bonds is 5. The number of hydrogen-bond donors (Lipinski definition) is 0.